The van der Waals surface area contributed by atoms with Gasteiger partial charge in [0.05, 0.1) is 6.10 Å². The van der Waals surface area contributed by atoms with Crippen LogP contribution in [-0.4, -0.2) is 46.1 Å². The van der Waals surface area contributed by atoms with Crippen LogP contribution in [0.5, 0.6) is 0 Å². The van der Waals surface area contributed by atoms with E-state index < -0.39 is 10.0 Å². The average molecular weight is 381 g/mol. The fourth-order valence-corrected chi connectivity index (χ4v) is 5.51. The maximum absolute atomic E-state index is 13.0. The maximum Gasteiger partial charge on any atom is 0.252 e. The zero-order valence-corrected chi connectivity index (χ0v) is 16.2. The van der Waals surface area contributed by atoms with E-state index in [0.717, 1.165) is 30.7 Å². The number of sulfonamides is 1. The van der Waals surface area contributed by atoms with Crippen molar-refractivity contribution in [3.05, 3.63) is 47.3 Å². The van der Waals surface area contributed by atoms with Crippen molar-refractivity contribution in [1.29, 1.82) is 0 Å². The number of anilines is 1. The normalized spacial score (nSPS) is 18.0. The van der Waals surface area contributed by atoms with Gasteiger partial charge in [-0.3, -0.25) is 0 Å². The molecule has 0 amide bonds. The SMILES string of the molecule is CN(C)c1ccc(CN(CC2CCCO2)S(=O)(=O)c2cccs2)cc1. The lowest BCUT2D eigenvalue weighted by Gasteiger charge is -2.24. The first-order valence-electron chi connectivity index (χ1n) is 8.38. The van der Waals surface area contributed by atoms with Crippen LogP contribution in [0.25, 0.3) is 0 Å². The molecule has 1 aliphatic heterocycles. The highest BCUT2D eigenvalue weighted by atomic mass is 32.2. The lowest BCUT2D eigenvalue weighted by Crippen LogP contribution is -2.36. The number of ether oxygens (including phenoxy) is 1. The molecule has 1 atom stereocenters. The van der Waals surface area contributed by atoms with Gasteiger partial charge in [-0.2, -0.15) is 4.31 Å². The van der Waals surface area contributed by atoms with Gasteiger partial charge in [0, 0.05) is 39.5 Å². The summed E-state index contributed by atoms with van der Waals surface area (Å²) >= 11 is 1.26. The Hall–Kier alpha value is -1.41. The minimum Gasteiger partial charge on any atom is -0.378 e. The molecule has 1 fully saturated rings. The van der Waals surface area contributed by atoms with Gasteiger partial charge in [-0.1, -0.05) is 18.2 Å². The first-order valence-corrected chi connectivity index (χ1v) is 10.7. The van der Waals surface area contributed by atoms with Crippen LogP contribution < -0.4 is 4.90 Å². The highest BCUT2D eigenvalue weighted by Crippen LogP contribution is 2.25. The van der Waals surface area contributed by atoms with Crippen molar-refractivity contribution in [2.45, 2.75) is 29.7 Å². The van der Waals surface area contributed by atoms with Crippen molar-refractivity contribution in [1.82, 2.24) is 4.31 Å². The van der Waals surface area contributed by atoms with Crippen molar-refractivity contribution in [2.75, 3.05) is 32.1 Å². The fraction of sp³-hybridized carbons (Fsp3) is 0.444. The predicted molar refractivity (Wildman–Crippen MR) is 102 cm³/mol. The Morgan fingerprint density at radius 1 is 1.20 bits per heavy atom. The average Bonchev–Trinajstić information content (AvgIpc) is 3.28. The molecule has 1 aromatic carbocycles. The summed E-state index contributed by atoms with van der Waals surface area (Å²) in [7, 11) is 0.464. The van der Waals surface area contributed by atoms with Gasteiger partial charge < -0.3 is 9.64 Å². The summed E-state index contributed by atoms with van der Waals surface area (Å²) < 4.78 is 33.7. The van der Waals surface area contributed by atoms with Crippen LogP contribution in [0.1, 0.15) is 18.4 Å². The van der Waals surface area contributed by atoms with Gasteiger partial charge >= 0.3 is 0 Å². The van der Waals surface area contributed by atoms with E-state index in [-0.39, 0.29) is 6.10 Å². The number of hydrogen-bond donors (Lipinski definition) is 0. The summed E-state index contributed by atoms with van der Waals surface area (Å²) in [6.45, 7) is 1.47. The number of benzene rings is 1. The monoisotopic (exact) mass is 380 g/mol. The van der Waals surface area contributed by atoms with Gasteiger partial charge in [0.2, 0.25) is 0 Å². The third kappa shape index (κ3) is 4.41. The summed E-state index contributed by atoms with van der Waals surface area (Å²) in [4.78, 5) is 2.02. The molecule has 0 saturated carbocycles. The number of thiophene rings is 1. The number of rotatable bonds is 7. The van der Waals surface area contributed by atoms with E-state index in [2.05, 4.69) is 0 Å². The standard InChI is InChI=1S/C18H24N2O3S2/c1-19(2)16-9-7-15(8-10-16)13-20(14-17-5-3-11-23-17)25(21,22)18-6-4-12-24-18/h4,6-10,12,17H,3,5,11,13-14H2,1-2H3. The largest absolute Gasteiger partial charge is 0.378 e. The Labute approximate surface area is 153 Å². The Morgan fingerprint density at radius 2 is 1.96 bits per heavy atom. The Balaban J connectivity index is 1.83. The van der Waals surface area contributed by atoms with Crippen molar-refractivity contribution < 1.29 is 13.2 Å². The van der Waals surface area contributed by atoms with Crippen LogP contribution in [0.15, 0.2) is 46.0 Å². The molecule has 25 heavy (non-hydrogen) atoms. The zero-order chi connectivity index (χ0) is 17.9. The summed E-state index contributed by atoms with van der Waals surface area (Å²) in [6.07, 6.45) is 1.89. The second-order valence-corrected chi connectivity index (χ2v) is 9.54. The van der Waals surface area contributed by atoms with Gasteiger partial charge in [0.25, 0.3) is 10.0 Å². The molecular formula is C18H24N2O3S2. The van der Waals surface area contributed by atoms with E-state index in [1.54, 1.807) is 21.8 Å². The molecule has 0 bridgehead atoms. The predicted octanol–water partition coefficient (Wildman–Crippen LogP) is 3.18. The molecule has 1 aromatic heterocycles. The summed E-state index contributed by atoms with van der Waals surface area (Å²) in [5.41, 5.74) is 2.07. The molecule has 1 unspecified atom stereocenters. The smallest absolute Gasteiger partial charge is 0.252 e. The van der Waals surface area contributed by atoms with Crippen molar-refractivity contribution >= 4 is 27.0 Å². The minimum absolute atomic E-state index is 0.0178. The fourth-order valence-electron chi connectivity index (χ4n) is 2.90. The van der Waals surface area contributed by atoms with Crippen LogP contribution in [0.2, 0.25) is 0 Å². The number of hydrogen-bond acceptors (Lipinski definition) is 5. The van der Waals surface area contributed by atoms with Gasteiger partial charge in [-0.05, 0) is 42.0 Å². The van der Waals surface area contributed by atoms with E-state index in [4.69, 9.17) is 4.74 Å². The Morgan fingerprint density at radius 3 is 2.52 bits per heavy atom. The molecule has 1 saturated heterocycles. The molecule has 0 aliphatic carbocycles. The maximum atomic E-state index is 13.0. The molecule has 0 N–H and O–H groups in total. The van der Waals surface area contributed by atoms with E-state index in [1.807, 2.05) is 43.3 Å². The Kier molecular flexibility index (Phi) is 5.78. The van der Waals surface area contributed by atoms with Crippen molar-refractivity contribution in [2.24, 2.45) is 0 Å². The van der Waals surface area contributed by atoms with Crippen LogP contribution in [0.3, 0.4) is 0 Å². The van der Waals surface area contributed by atoms with Crippen LogP contribution >= 0.6 is 11.3 Å². The van der Waals surface area contributed by atoms with E-state index in [0.29, 0.717) is 17.3 Å². The topological polar surface area (TPSA) is 49.9 Å². The second kappa shape index (κ2) is 7.86. The molecule has 1 aliphatic rings. The first-order chi connectivity index (χ1) is 12.0. The lowest BCUT2D eigenvalue weighted by atomic mass is 10.2. The quantitative estimate of drug-likeness (QED) is 0.740. The second-order valence-electron chi connectivity index (χ2n) is 6.43. The van der Waals surface area contributed by atoms with Gasteiger partial charge in [-0.25, -0.2) is 8.42 Å². The molecule has 0 radical (unpaired) electrons. The summed E-state index contributed by atoms with van der Waals surface area (Å²) in [5, 5.41) is 1.79. The molecule has 2 heterocycles. The third-order valence-electron chi connectivity index (χ3n) is 4.33. The van der Waals surface area contributed by atoms with Crippen LogP contribution in [0.4, 0.5) is 5.69 Å². The highest BCUT2D eigenvalue weighted by Gasteiger charge is 2.29. The van der Waals surface area contributed by atoms with E-state index >= 15 is 0 Å². The van der Waals surface area contributed by atoms with E-state index in [9.17, 15) is 8.42 Å². The first kappa shape index (κ1) is 18.4. The van der Waals surface area contributed by atoms with Crippen LogP contribution in [0, 0.1) is 0 Å². The molecule has 5 nitrogen and oxygen atoms in total. The molecule has 3 rings (SSSR count). The van der Waals surface area contributed by atoms with Gasteiger partial charge in [-0.15, -0.1) is 11.3 Å². The molecule has 2 aromatic rings. The summed E-state index contributed by atoms with van der Waals surface area (Å²) in [6, 6.07) is 11.4. The molecule has 0 spiro atoms. The lowest BCUT2D eigenvalue weighted by molar-refractivity contribution is 0.0926. The molecule has 7 heteroatoms. The number of nitrogens with zero attached hydrogens (tertiary/aromatic N) is 2. The van der Waals surface area contributed by atoms with Gasteiger partial charge in [0.15, 0.2) is 0 Å². The Bertz CT molecular complexity index is 765. The summed E-state index contributed by atoms with van der Waals surface area (Å²) in [5.74, 6) is 0. The van der Waals surface area contributed by atoms with E-state index in [1.165, 1.54) is 11.3 Å². The highest BCUT2D eigenvalue weighted by molar-refractivity contribution is 7.91. The van der Waals surface area contributed by atoms with Crippen molar-refractivity contribution in [3.8, 4) is 0 Å². The third-order valence-corrected chi connectivity index (χ3v) is 7.52. The van der Waals surface area contributed by atoms with Gasteiger partial charge in [0.1, 0.15) is 4.21 Å². The molecule has 136 valence electrons. The molecular weight excluding hydrogens is 356 g/mol. The minimum atomic E-state index is -3.51. The zero-order valence-electron chi connectivity index (χ0n) is 14.6. The van der Waals surface area contributed by atoms with Crippen molar-refractivity contribution in [3.63, 3.8) is 0 Å². The van der Waals surface area contributed by atoms with Crippen LogP contribution in [-0.2, 0) is 21.3 Å².